The minimum absolute atomic E-state index is 0.194. The molecule has 1 aromatic carbocycles. The van der Waals surface area contributed by atoms with Crippen molar-refractivity contribution in [1.29, 1.82) is 0 Å². The molecule has 2 aliphatic rings. The first kappa shape index (κ1) is 14.7. The van der Waals surface area contributed by atoms with Gasteiger partial charge in [0.1, 0.15) is 12.0 Å². The highest BCUT2D eigenvalue weighted by Crippen LogP contribution is 2.53. The van der Waals surface area contributed by atoms with Gasteiger partial charge in [-0.25, -0.2) is 0 Å². The first-order valence-corrected chi connectivity index (χ1v) is 7.75. The van der Waals surface area contributed by atoms with Crippen LogP contribution < -0.4 is 0 Å². The van der Waals surface area contributed by atoms with Gasteiger partial charge >= 0.3 is 0 Å². The third kappa shape index (κ3) is 2.52. The zero-order valence-corrected chi connectivity index (χ0v) is 12.4. The predicted octanol–water partition coefficient (Wildman–Crippen LogP) is 1.77. The summed E-state index contributed by atoms with van der Waals surface area (Å²) in [6.07, 6.45) is 3.48. The lowest BCUT2D eigenvalue weighted by Gasteiger charge is -2.23. The van der Waals surface area contributed by atoms with Crippen molar-refractivity contribution in [3.05, 3.63) is 35.4 Å². The molecule has 0 saturated carbocycles. The highest BCUT2D eigenvalue weighted by atomic mass is 16.3. The van der Waals surface area contributed by atoms with E-state index < -0.39 is 5.72 Å². The van der Waals surface area contributed by atoms with Gasteiger partial charge in [0.05, 0.1) is 0 Å². The molecule has 0 aliphatic carbocycles. The first-order chi connectivity index (χ1) is 10.1. The quantitative estimate of drug-likeness (QED) is 0.619. The van der Waals surface area contributed by atoms with Crippen molar-refractivity contribution in [3.8, 4) is 0 Å². The van der Waals surface area contributed by atoms with Gasteiger partial charge in [-0.1, -0.05) is 31.2 Å². The maximum Gasteiger partial charge on any atom is 0.150 e. The molecule has 2 fully saturated rings. The van der Waals surface area contributed by atoms with Gasteiger partial charge in [-0.2, -0.15) is 0 Å². The minimum Gasteiger partial charge on any atom is -0.396 e. The van der Waals surface area contributed by atoms with Gasteiger partial charge in [0.2, 0.25) is 0 Å². The van der Waals surface area contributed by atoms with Gasteiger partial charge in [-0.3, -0.25) is 9.69 Å². The number of benzene rings is 1. The molecule has 0 aromatic heterocycles. The Morgan fingerprint density at radius 1 is 1.43 bits per heavy atom. The molecule has 4 heteroatoms. The van der Waals surface area contributed by atoms with E-state index in [-0.39, 0.29) is 12.5 Å². The number of hydrogen-bond acceptors (Lipinski definition) is 4. The van der Waals surface area contributed by atoms with E-state index in [1.807, 2.05) is 24.3 Å². The van der Waals surface area contributed by atoms with E-state index in [2.05, 4.69) is 11.8 Å². The number of aliphatic hydroxyl groups is 2. The van der Waals surface area contributed by atoms with E-state index in [0.717, 1.165) is 32.1 Å². The lowest BCUT2D eigenvalue weighted by Crippen LogP contribution is -2.23. The second-order valence-corrected chi connectivity index (χ2v) is 6.45. The molecule has 2 aliphatic heterocycles. The van der Waals surface area contributed by atoms with Gasteiger partial charge < -0.3 is 10.2 Å². The van der Waals surface area contributed by atoms with Gasteiger partial charge in [-0.15, -0.1) is 0 Å². The van der Waals surface area contributed by atoms with Gasteiger partial charge in [0.25, 0.3) is 0 Å². The fraction of sp³-hybridized carbons (Fsp3) is 0.588. The largest absolute Gasteiger partial charge is 0.396 e. The summed E-state index contributed by atoms with van der Waals surface area (Å²) >= 11 is 0. The molecule has 1 aromatic rings. The lowest BCUT2D eigenvalue weighted by molar-refractivity contribution is 0.0556. The molecule has 4 nitrogen and oxygen atoms in total. The molecule has 5 unspecified atom stereocenters. The highest BCUT2D eigenvalue weighted by molar-refractivity contribution is 5.74. The number of hydrogen-bond donors (Lipinski definition) is 2. The highest BCUT2D eigenvalue weighted by Gasteiger charge is 2.64. The van der Waals surface area contributed by atoms with E-state index >= 15 is 0 Å². The van der Waals surface area contributed by atoms with E-state index in [4.69, 9.17) is 5.11 Å². The molecule has 5 atom stereocenters. The minimum atomic E-state index is -0.628. The maximum atomic E-state index is 10.7. The number of fused-ring (bicyclic) bond motifs is 1. The summed E-state index contributed by atoms with van der Waals surface area (Å²) in [4.78, 5) is 12.9. The smallest absolute Gasteiger partial charge is 0.150 e. The van der Waals surface area contributed by atoms with E-state index in [0.29, 0.717) is 17.5 Å². The summed E-state index contributed by atoms with van der Waals surface area (Å²) < 4.78 is 0. The summed E-state index contributed by atoms with van der Waals surface area (Å²) in [5.74, 6) is 0.602. The number of aldehydes is 1. The van der Waals surface area contributed by atoms with Crippen LogP contribution in [0.2, 0.25) is 0 Å². The summed E-state index contributed by atoms with van der Waals surface area (Å²) in [7, 11) is 0. The maximum absolute atomic E-state index is 10.7. The fourth-order valence-electron chi connectivity index (χ4n) is 3.85. The van der Waals surface area contributed by atoms with Gasteiger partial charge in [-0.05, 0) is 30.7 Å². The Hall–Kier alpha value is -1.23. The first-order valence-electron chi connectivity index (χ1n) is 7.75. The number of nitrogens with zero attached hydrogens (tertiary/aromatic N) is 1. The number of piperidine rings is 1. The standard InChI is InChI=1S/C17H23NO3/c1-12(14-6-4-13(10-20)5-7-14)16-9-15(3-2-8-19)17(21)11-18(16)17/h4-7,10,12,15-16,19,21H,2-3,8-9,11H2,1H3. The van der Waals surface area contributed by atoms with Crippen LogP contribution in [-0.4, -0.2) is 46.3 Å². The van der Waals surface area contributed by atoms with Crippen LogP contribution in [0.25, 0.3) is 0 Å². The Morgan fingerprint density at radius 2 is 2.14 bits per heavy atom. The van der Waals surface area contributed by atoms with E-state index in [9.17, 15) is 9.90 Å². The van der Waals surface area contributed by atoms with Crippen molar-refractivity contribution in [1.82, 2.24) is 4.90 Å². The van der Waals surface area contributed by atoms with Crippen LogP contribution in [0.4, 0.5) is 0 Å². The monoisotopic (exact) mass is 289 g/mol. The zero-order chi connectivity index (χ0) is 15.0. The Labute approximate surface area is 125 Å². The predicted molar refractivity (Wildman–Crippen MR) is 80.1 cm³/mol. The molecular formula is C17H23NO3. The topological polar surface area (TPSA) is 60.5 Å². The van der Waals surface area contributed by atoms with Crippen molar-refractivity contribution < 1.29 is 15.0 Å². The molecule has 2 heterocycles. The van der Waals surface area contributed by atoms with Crippen LogP contribution >= 0.6 is 0 Å². The number of rotatable bonds is 6. The summed E-state index contributed by atoms with van der Waals surface area (Å²) in [6.45, 7) is 3.14. The van der Waals surface area contributed by atoms with Crippen molar-refractivity contribution in [2.45, 2.75) is 43.9 Å². The SMILES string of the molecule is CC(c1ccc(C=O)cc1)C1CC(CCCO)C2(O)CN12. The average molecular weight is 289 g/mol. The van der Waals surface area contributed by atoms with E-state index in [1.165, 1.54) is 5.56 Å². The molecule has 2 N–H and O–H groups in total. The molecular weight excluding hydrogens is 266 g/mol. The normalized spacial score (nSPS) is 35.3. The van der Waals surface area contributed by atoms with Crippen LogP contribution in [0.1, 0.15) is 48.0 Å². The molecule has 0 spiro atoms. The van der Waals surface area contributed by atoms with Crippen LogP contribution in [0.3, 0.4) is 0 Å². The van der Waals surface area contributed by atoms with E-state index in [1.54, 1.807) is 0 Å². The third-order valence-electron chi connectivity index (χ3n) is 5.26. The van der Waals surface area contributed by atoms with Crippen LogP contribution in [0.5, 0.6) is 0 Å². The molecule has 0 bridgehead atoms. The Bertz CT molecular complexity index is 515. The second kappa shape index (κ2) is 5.52. The van der Waals surface area contributed by atoms with Gasteiger partial charge in [0, 0.05) is 30.7 Å². The van der Waals surface area contributed by atoms with Crippen molar-refractivity contribution in [2.24, 2.45) is 5.92 Å². The zero-order valence-electron chi connectivity index (χ0n) is 12.4. The summed E-state index contributed by atoms with van der Waals surface area (Å²) in [5, 5.41) is 19.6. The van der Waals surface area contributed by atoms with Gasteiger partial charge in [0.15, 0.2) is 0 Å². The van der Waals surface area contributed by atoms with Crippen molar-refractivity contribution in [2.75, 3.05) is 13.2 Å². The summed E-state index contributed by atoms with van der Waals surface area (Å²) in [6, 6.07) is 8.08. The Morgan fingerprint density at radius 3 is 2.76 bits per heavy atom. The average Bonchev–Trinajstić information content (AvgIpc) is 3.12. The van der Waals surface area contributed by atoms with Crippen molar-refractivity contribution >= 4 is 6.29 Å². The Balaban J connectivity index is 1.71. The van der Waals surface area contributed by atoms with Crippen LogP contribution in [0, 0.1) is 5.92 Å². The van der Waals surface area contributed by atoms with Crippen LogP contribution in [-0.2, 0) is 0 Å². The molecule has 21 heavy (non-hydrogen) atoms. The van der Waals surface area contributed by atoms with Crippen molar-refractivity contribution in [3.63, 3.8) is 0 Å². The lowest BCUT2D eigenvalue weighted by atomic mass is 9.85. The third-order valence-corrected chi connectivity index (χ3v) is 5.26. The number of carbonyl (C=O) groups is 1. The molecule has 3 rings (SSSR count). The molecule has 2 saturated heterocycles. The number of carbonyl (C=O) groups excluding carboxylic acids is 1. The van der Waals surface area contributed by atoms with Crippen LogP contribution in [0.15, 0.2) is 24.3 Å². The Kier molecular flexibility index (Phi) is 3.86. The molecule has 114 valence electrons. The molecule has 0 amide bonds. The fourth-order valence-corrected chi connectivity index (χ4v) is 3.85. The summed E-state index contributed by atoms with van der Waals surface area (Å²) in [5.41, 5.74) is 1.28. The second-order valence-electron chi connectivity index (χ2n) is 6.45. The number of aliphatic hydroxyl groups excluding tert-OH is 1. The molecule has 0 radical (unpaired) electrons.